The van der Waals surface area contributed by atoms with Crippen molar-refractivity contribution in [2.45, 2.75) is 30.2 Å². The summed E-state index contributed by atoms with van der Waals surface area (Å²) in [6.07, 6.45) is 3.01. The van der Waals surface area contributed by atoms with Gasteiger partial charge >= 0.3 is 0 Å². The molecule has 1 fully saturated rings. The molecule has 3 heterocycles. The minimum atomic E-state index is -0.268. The summed E-state index contributed by atoms with van der Waals surface area (Å²) in [7, 11) is 0. The highest BCUT2D eigenvalue weighted by Crippen LogP contribution is 2.37. The Kier molecular flexibility index (Phi) is 4.87. The highest BCUT2D eigenvalue weighted by molar-refractivity contribution is 7.99. The molecule has 1 saturated heterocycles. The van der Waals surface area contributed by atoms with Crippen molar-refractivity contribution < 1.29 is 9.18 Å². The number of halogens is 1. The van der Waals surface area contributed by atoms with Crippen LogP contribution in [0.4, 0.5) is 10.2 Å². The van der Waals surface area contributed by atoms with Gasteiger partial charge in [-0.15, -0.1) is 11.8 Å². The third kappa shape index (κ3) is 3.57. The van der Waals surface area contributed by atoms with E-state index in [0.29, 0.717) is 5.56 Å². The zero-order valence-electron chi connectivity index (χ0n) is 16.0. The van der Waals surface area contributed by atoms with Crippen LogP contribution < -0.4 is 10.2 Å². The molecule has 0 spiro atoms. The van der Waals surface area contributed by atoms with Crippen molar-refractivity contribution in [1.82, 2.24) is 10.3 Å². The van der Waals surface area contributed by atoms with Crippen molar-refractivity contribution in [3.63, 3.8) is 0 Å². The summed E-state index contributed by atoms with van der Waals surface area (Å²) in [5.74, 6) is 1.25. The average molecular weight is 408 g/mol. The number of carbonyl (C=O) groups excluding carboxylic acids is 1. The van der Waals surface area contributed by atoms with Gasteiger partial charge in [0, 0.05) is 29.1 Å². The number of para-hydroxylation sites is 1. The van der Waals surface area contributed by atoms with E-state index in [-0.39, 0.29) is 17.8 Å². The number of thioether (sulfide) groups is 1. The Hall–Kier alpha value is -2.60. The summed E-state index contributed by atoms with van der Waals surface area (Å²) >= 11 is 1.71. The van der Waals surface area contributed by atoms with E-state index in [9.17, 15) is 9.18 Å². The fourth-order valence-corrected chi connectivity index (χ4v) is 5.30. The van der Waals surface area contributed by atoms with Gasteiger partial charge in [0.15, 0.2) is 0 Å². The Morgan fingerprint density at radius 2 is 1.97 bits per heavy atom. The van der Waals surface area contributed by atoms with Crippen molar-refractivity contribution in [3.05, 3.63) is 65.5 Å². The van der Waals surface area contributed by atoms with Crippen LogP contribution in [0.5, 0.6) is 0 Å². The first-order chi connectivity index (χ1) is 14.2. The molecule has 1 atom stereocenters. The molecule has 29 heavy (non-hydrogen) atoms. The molecule has 4 nitrogen and oxygen atoms in total. The molecule has 6 heteroatoms. The molecule has 1 unspecified atom stereocenters. The molecular weight excluding hydrogens is 385 g/mol. The zero-order valence-corrected chi connectivity index (χ0v) is 16.8. The van der Waals surface area contributed by atoms with Crippen LogP contribution in [-0.2, 0) is 0 Å². The standard InChI is InChI=1S/C23H22FN3OS/c24-16-7-8-21-17(14-16)20(9-12-29-21)26-23(28)18-13-15-5-1-2-6-19(15)25-22(18)27-10-3-4-11-27/h1-2,5-8,13-14,20H,3-4,9-12H2,(H,26,28). The second-order valence-corrected chi connectivity index (χ2v) is 8.73. The molecule has 1 aromatic heterocycles. The van der Waals surface area contributed by atoms with E-state index >= 15 is 0 Å². The molecule has 148 valence electrons. The van der Waals surface area contributed by atoms with Crippen LogP contribution in [0.3, 0.4) is 0 Å². The number of anilines is 1. The van der Waals surface area contributed by atoms with Crippen LogP contribution in [0.15, 0.2) is 53.4 Å². The first-order valence-electron chi connectivity index (χ1n) is 10.1. The van der Waals surface area contributed by atoms with E-state index < -0.39 is 0 Å². The number of benzene rings is 2. The summed E-state index contributed by atoms with van der Waals surface area (Å²) < 4.78 is 13.8. The SMILES string of the molecule is O=C(NC1CCSc2ccc(F)cc21)c1cc2ccccc2nc1N1CCCC1. The maximum absolute atomic E-state index is 13.8. The van der Waals surface area contributed by atoms with E-state index in [1.54, 1.807) is 23.9 Å². The quantitative estimate of drug-likeness (QED) is 0.668. The maximum Gasteiger partial charge on any atom is 0.255 e. The van der Waals surface area contributed by atoms with Crippen LogP contribution in [0.1, 0.15) is 41.2 Å². The Labute approximate surface area is 173 Å². The lowest BCUT2D eigenvalue weighted by Crippen LogP contribution is -2.32. The molecule has 5 rings (SSSR count). The summed E-state index contributed by atoms with van der Waals surface area (Å²) in [6, 6.07) is 14.5. The number of amides is 1. The highest BCUT2D eigenvalue weighted by Gasteiger charge is 2.27. The number of nitrogens with one attached hydrogen (secondary N) is 1. The summed E-state index contributed by atoms with van der Waals surface area (Å²) in [5, 5.41) is 4.11. The second-order valence-electron chi connectivity index (χ2n) is 7.59. The molecule has 0 bridgehead atoms. The molecule has 1 amide bonds. The fraction of sp³-hybridized carbons (Fsp3) is 0.304. The van der Waals surface area contributed by atoms with Crippen molar-refractivity contribution in [2.75, 3.05) is 23.7 Å². The molecule has 2 aliphatic heterocycles. The van der Waals surface area contributed by atoms with Crippen molar-refractivity contribution >= 4 is 34.4 Å². The van der Waals surface area contributed by atoms with Gasteiger partial charge in [0.2, 0.25) is 0 Å². The topological polar surface area (TPSA) is 45.2 Å². The summed E-state index contributed by atoms with van der Waals surface area (Å²) in [4.78, 5) is 21.4. The predicted octanol–water partition coefficient (Wildman–Crippen LogP) is 4.94. The normalized spacial score (nSPS) is 18.7. The van der Waals surface area contributed by atoms with Gasteiger partial charge in [-0.05, 0) is 55.2 Å². The summed E-state index contributed by atoms with van der Waals surface area (Å²) in [5.41, 5.74) is 2.36. The largest absolute Gasteiger partial charge is 0.356 e. The van der Waals surface area contributed by atoms with Gasteiger partial charge in [0.1, 0.15) is 11.6 Å². The van der Waals surface area contributed by atoms with Crippen molar-refractivity contribution in [1.29, 1.82) is 0 Å². The van der Waals surface area contributed by atoms with Gasteiger partial charge in [-0.2, -0.15) is 0 Å². The van der Waals surface area contributed by atoms with Crippen LogP contribution in [0.25, 0.3) is 10.9 Å². The number of pyridine rings is 1. The number of rotatable bonds is 3. The fourth-order valence-electron chi connectivity index (χ4n) is 4.19. The van der Waals surface area contributed by atoms with Crippen LogP contribution in [0, 0.1) is 5.82 Å². The van der Waals surface area contributed by atoms with E-state index in [1.165, 1.54) is 6.07 Å². The zero-order chi connectivity index (χ0) is 19.8. The number of fused-ring (bicyclic) bond motifs is 2. The van der Waals surface area contributed by atoms with Crippen molar-refractivity contribution in [2.24, 2.45) is 0 Å². The van der Waals surface area contributed by atoms with E-state index in [4.69, 9.17) is 4.98 Å². The minimum absolute atomic E-state index is 0.141. The molecule has 2 aliphatic rings. The smallest absolute Gasteiger partial charge is 0.255 e. The lowest BCUT2D eigenvalue weighted by Gasteiger charge is -2.27. The van der Waals surface area contributed by atoms with E-state index in [0.717, 1.165) is 65.3 Å². The summed E-state index contributed by atoms with van der Waals surface area (Å²) in [6.45, 7) is 1.83. The van der Waals surface area contributed by atoms with Gasteiger partial charge in [-0.25, -0.2) is 9.37 Å². The van der Waals surface area contributed by atoms with Crippen molar-refractivity contribution in [3.8, 4) is 0 Å². The third-order valence-corrected chi connectivity index (χ3v) is 6.79. The van der Waals surface area contributed by atoms with Crippen LogP contribution >= 0.6 is 11.8 Å². The minimum Gasteiger partial charge on any atom is -0.356 e. The first kappa shape index (κ1) is 18.4. The molecule has 2 aromatic carbocycles. The third-order valence-electron chi connectivity index (χ3n) is 5.67. The Morgan fingerprint density at radius 3 is 2.83 bits per heavy atom. The average Bonchev–Trinajstić information content (AvgIpc) is 3.28. The first-order valence-corrected chi connectivity index (χ1v) is 11.1. The maximum atomic E-state index is 13.8. The molecule has 0 aliphatic carbocycles. The van der Waals surface area contributed by atoms with Gasteiger partial charge < -0.3 is 10.2 Å². The lowest BCUT2D eigenvalue weighted by molar-refractivity contribution is 0.0935. The van der Waals surface area contributed by atoms with Crippen LogP contribution in [0.2, 0.25) is 0 Å². The number of nitrogens with zero attached hydrogens (tertiary/aromatic N) is 2. The molecular formula is C23H22FN3OS. The van der Waals surface area contributed by atoms with Gasteiger partial charge in [0.05, 0.1) is 17.1 Å². The Bertz CT molecular complexity index is 1080. The van der Waals surface area contributed by atoms with E-state index in [2.05, 4.69) is 10.2 Å². The van der Waals surface area contributed by atoms with Crippen LogP contribution in [-0.4, -0.2) is 29.7 Å². The molecule has 0 radical (unpaired) electrons. The number of hydrogen-bond donors (Lipinski definition) is 1. The highest BCUT2D eigenvalue weighted by atomic mass is 32.2. The van der Waals surface area contributed by atoms with Gasteiger partial charge in [-0.1, -0.05) is 18.2 Å². The monoisotopic (exact) mass is 407 g/mol. The Morgan fingerprint density at radius 1 is 1.14 bits per heavy atom. The predicted molar refractivity (Wildman–Crippen MR) is 115 cm³/mol. The Balaban J connectivity index is 1.51. The molecule has 3 aromatic rings. The van der Waals surface area contributed by atoms with Gasteiger partial charge in [0.25, 0.3) is 5.91 Å². The second kappa shape index (κ2) is 7.67. The number of aromatic nitrogens is 1. The number of hydrogen-bond acceptors (Lipinski definition) is 4. The molecule has 1 N–H and O–H groups in total. The lowest BCUT2D eigenvalue weighted by atomic mass is 10.0. The van der Waals surface area contributed by atoms with Gasteiger partial charge in [-0.3, -0.25) is 4.79 Å². The number of carbonyl (C=O) groups is 1. The molecule has 0 saturated carbocycles. The van der Waals surface area contributed by atoms with E-state index in [1.807, 2.05) is 30.3 Å².